The van der Waals surface area contributed by atoms with E-state index in [1.807, 2.05) is 11.8 Å². The number of alkyl halides is 1. The van der Waals surface area contributed by atoms with Crippen LogP contribution in [0.15, 0.2) is 24.3 Å². The fourth-order valence-electron chi connectivity index (χ4n) is 1.56. The van der Waals surface area contributed by atoms with Crippen molar-refractivity contribution < 1.29 is 0 Å². The summed E-state index contributed by atoms with van der Waals surface area (Å²) < 4.78 is 0. The van der Waals surface area contributed by atoms with Crippen molar-refractivity contribution in [3.05, 3.63) is 29.8 Å². The fourth-order valence-corrected chi connectivity index (χ4v) is 2.74. The van der Waals surface area contributed by atoms with Crippen LogP contribution in [0, 0.1) is 0 Å². The molecule has 0 spiro atoms. The molecule has 0 aliphatic carbocycles. The second-order valence-electron chi connectivity index (χ2n) is 3.68. The van der Waals surface area contributed by atoms with E-state index in [9.17, 15) is 0 Å². The average molecular weight is 288 g/mol. The molecule has 0 saturated carbocycles. The van der Waals surface area contributed by atoms with E-state index in [2.05, 4.69) is 65.3 Å². The Balaban J connectivity index is 2.84. The van der Waals surface area contributed by atoms with Gasteiger partial charge in [-0.15, -0.1) is 0 Å². The summed E-state index contributed by atoms with van der Waals surface area (Å²) in [5.74, 6) is 1.16. The van der Waals surface area contributed by atoms with Crippen LogP contribution in [0.5, 0.6) is 0 Å². The number of halogens is 1. The van der Waals surface area contributed by atoms with Crippen LogP contribution < -0.4 is 4.90 Å². The maximum Gasteiger partial charge on any atom is 0.0407 e. The molecule has 1 aromatic carbocycles. The number of rotatable bonds is 5. The smallest absolute Gasteiger partial charge is 0.0407 e. The molecule has 1 unspecified atom stereocenters. The van der Waals surface area contributed by atoms with E-state index in [1.165, 1.54) is 11.3 Å². The van der Waals surface area contributed by atoms with Gasteiger partial charge in [0.2, 0.25) is 0 Å². The minimum atomic E-state index is 0.570. The highest BCUT2D eigenvalue weighted by molar-refractivity contribution is 9.08. The molecular formula is C12H18BrNS. The van der Waals surface area contributed by atoms with E-state index in [1.54, 1.807) is 0 Å². The van der Waals surface area contributed by atoms with Crippen LogP contribution >= 0.6 is 27.7 Å². The molecule has 0 fully saturated rings. The lowest BCUT2D eigenvalue weighted by molar-refractivity contribution is 0.763. The third kappa shape index (κ3) is 3.42. The number of anilines is 1. The lowest BCUT2D eigenvalue weighted by atomic mass is 10.1. The number of para-hydroxylation sites is 1. The van der Waals surface area contributed by atoms with Gasteiger partial charge in [-0.1, -0.05) is 34.1 Å². The Bertz CT molecular complexity index is 303. The van der Waals surface area contributed by atoms with Gasteiger partial charge in [0.15, 0.2) is 0 Å². The molecule has 84 valence electrons. The minimum absolute atomic E-state index is 0.570. The van der Waals surface area contributed by atoms with Crippen LogP contribution in [0.4, 0.5) is 5.69 Å². The third-order valence-corrected chi connectivity index (χ3v) is 4.00. The van der Waals surface area contributed by atoms with Gasteiger partial charge in [-0.3, -0.25) is 0 Å². The fraction of sp³-hybridized carbons (Fsp3) is 0.500. The summed E-state index contributed by atoms with van der Waals surface area (Å²) in [4.78, 5) is 2.35. The van der Waals surface area contributed by atoms with Crippen molar-refractivity contribution in [2.24, 2.45) is 0 Å². The summed E-state index contributed by atoms with van der Waals surface area (Å²) in [6, 6.07) is 9.12. The zero-order chi connectivity index (χ0) is 11.3. The SMILES string of the molecule is CSCC(C)N(C)c1ccccc1CBr. The highest BCUT2D eigenvalue weighted by atomic mass is 79.9. The van der Waals surface area contributed by atoms with E-state index >= 15 is 0 Å². The summed E-state index contributed by atoms with van der Waals surface area (Å²) in [5.41, 5.74) is 2.68. The molecule has 0 amide bonds. The van der Waals surface area contributed by atoms with Crippen molar-refractivity contribution in [1.29, 1.82) is 0 Å². The van der Waals surface area contributed by atoms with Gasteiger partial charge < -0.3 is 4.90 Å². The molecule has 1 nitrogen and oxygen atoms in total. The van der Waals surface area contributed by atoms with E-state index in [0.29, 0.717) is 6.04 Å². The molecule has 1 aromatic rings. The van der Waals surface area contributed by atoms with Crippen LogP contribution in [-0.4, -0.2) is 25.1 Å². The quantitative estimate of drug-likeness (QED) is 0.759. The number of nitrogens with zero attached hydrogens (tertiary/aromatic N) is 1. The average Bonchev–Trinajstić information content (AvgIpc) is 2.28. The minimum Gasteiger partial charge on any atom is -0.371 e. The molecule has 15 heavy (non-hydrogen) atoms. The van der Waals surface area contributed by atoms with Gasteiger partial charge in [0, 0.05) is 29.9 Å². The summed E-state index contributed by atoms with van der Waals surface area (Å²) in [6.07, 6.45) is 2.15. The number of hydrogen-bond acceptors (Lipinski definition) is 2. The van der Waals surface area contributed by atoms with Gasteiger partial charge in [0.05, 0.1) is 0 Å². The van der Waals surface area contributed by atoms with Gasteiger partial charge in [0.1, 0.15) is 0 Å². The van der Waals surface area contributed by atoms with Gasteiger partial charge in [-0.05, 0) is 24.8 Å². The molecule has 0 heterocycles. The first kappa shape index (κ1) is 12.9. The molecule has 1 atom stereocenters. The van der Waals surface area contributed by atoms with Gasteiger partial charge in [-0.2, -0.15) is 11.8 Å². The van der Waals surface area contributed by atoms with Crippen LogP contribution in [0.2, 0.25) is 0 Å². The van der Waals surface area contributed by atoms with Crippen LogP contribution in [-0.2, 0) is 5.33 Å². The van der Waals surface area contributed by atoms with E-state index in [-0.39, 0.29) is 0 Å². The molecule has 0 saturated heterocycles. The van der Waals surface area contributed by atoms with Crippen molar-refractivity contribution in [3.63, 3.8) is 0 Å². The Hall–Kier alpha value is -0.150. The largest absolute Gasteiger partial charge is 0.371 e. The maximum absolute atomic E-state index is 3.53. The molecule has 0 aliphatic heterocycles. The first-order chi connectivity index (χ1) is 7.20. The molecule has 0 N–H and O–H groups in total. The zero-order valence-electron chi connectivity index (χ0n) is 9.53. The van der Waals surface area contributed by atoms with E-state index in [4.69, 9.17) is 0 Å². The molecular weight excluding hydrogens is 270 g/mol. The topological polar surface area (TPSA) is 3.24 Å². The lowest BCUT2D eigenvalue weighted by Crippen LogP contribution is -2.31. The molecule has 3 heteroatoms. The van der Waals surface area contributed by atoms with Crippen molar-refractivity contribution in [3.8, 4) is 0 Å². The van der Waals surface area contributed by atoms with Crippen molar-refractivity contribution in [2.45, 2.75) is 18.3 Å². The maximum atomic E-state index is 3.53. The number of benzene rings is 1. The first-order valence-electron chi connectivity index (χ1n) is 5.06. The predicted octanol–water partition coefficient (Wildman–Crippen LogP) is 3.77. The van der Waals surface area contributed by atoms with Crippen LogP contribution in [0.25, 0.3) is 0 Å². The predicted molar refractivity (Wildman–Crippen MR) is 75.3 cm³/mol. The normalized spacial score (nSPS) is 12.5. The van der Waals surface area contributed by atoms with Crippen molar-refractivity contribution in [1.82, 2.24) is 0 Å². The second kappa shape index (κ2) is 6.44. The molecule has 0 bridgehead atoms. The highest BCUT2D eigenvalue weighted by Gasteiger charge is 2.11. The van der Waals surface area contributed by atoms with Gasteiger partial charge in [-0.25, -0.2) is 0 Å². The monoisotopic (exact) mass is 287 g/mol. The Morgan fingerprint density at radius 3 is 2.67 bits per heavy atom. The van der Waals surface area contributed by atoms with Gasteiger partial charge >= 0.3 is 0 Å². The van der Waals surface area contributed by atoms with Crippen molar-refractivity contribution >= 4 is 33.4 Å². The Morgan fingerprint density at radius 1 is 1.40 bits per heavy atom. The summed E-state index contributed by atoms with van der Waals surface area (Å²) in [7, 11) is 2.17. The standard InChI is InChI=1S/C12H18BrNS/c1-10(9-15-3)14(2)12-7-5-4-6-11(12)8-13/h4-7,10H,8-9H2,1-3H3. The first-order valence-corrected chi connectivity index (χ1v) is 7.58. The van der Waals surface area contributed by atoms with Crippen molar-refractivity contribution in [2.75, 3.05) is 24.0 Å². The molecule has 1 rings (SSSR count). The van der Waals surface area contributed by atoms with E-state index < -0.39 is 0 Å². The zero-order valence-corrected chi connectivity index (χ0v) is 11.9. The highest BCUT2D eigenvalue weighted by Crippen LogP contribution is 2.23. The van der Waals surface area contributed by atoms with E-state index in [0.717, 1.165) is 11.1 Å². The molecule has 0 aromatic heterocycles. The Morgan fingerprint density at radius 2 is 2.07 bits per heavy atom. The second-order valence-corrected chi connectivity index (χ2v) is 5.15. The Kier molecular flexibility index (Phi) is 5.54. The Labute approximate surface area is 105 Å². The number of thioether (sulfide) groups is 1. The lowest BCUT2D eigenvalue weighted by Gasteiger charge is -2.28. The summed E-state index contributed by atoms with van der Waals surface area (Å²) in [6.45, 7) is 2.27. The summed E-state index contributed by atoms with van der Waals surface area (Å²) in [5, 5.41) is 0.916. The number of hydrogen-bond donors (Lipinski definition) is 0. The molecule has 0 aliphatic rings. The van der Waals surface area contributed by atoms with Crippen LogP contribution in [0.3, 0.4) is 0 Å². The molecule has 0 radical (unpaired) electrons. The van der Waals surface area contributed by atoms with Gasteiger partial charge in [0.25, 0.3) is 0 Å². The summed E-state index contributed by atoms with van der Waals surface area (Å²) >= 11 is 5.43. The van der Waals surface area contributed by atoms with Crippen LogP contribution in [0.1, 0.15) is 12.5 Å². The third-order valence-electron chi connectivity index (χ3n) is 2.58.